The third-order valence-electron chi connectivity index (χ3n) is 3.11. The van der Waals surface area contributed by atoms with Crippen molar-refractivity contribution >= 4 is 5.97 Å². The van der Waals surface area contributed by atoms with Crippen molar-refractivity contribution in [2.45, 2.75) is 25.0 Å². The third kappa shape index (κ3) is 0.601. The van der Waals surface area contributed by atoms with Gasteiger partial charge >= 0.3 is 5.97 Å². The standard InChI is InChI=1S/C8H10O3/c9-8-7-4(3-10-8)5-1-2-6(7)11-5/h4-7H,1-3H2/t4-,5-,6+,7-/m1/s1. The largest absolute Gasteiger partial charge is 0.465 e. The summed E-state index contributed by atoms with van der Waals surface area (Å²) >= 11 is 0. The quantitative estimate of drug-likeness (QED) is 0.472. The molecule has 0 saturated carbocycles. The highest BCUT2D eigenvalue weighted by atomic mass is 16.6. The summed E-state index contributed by atoms with van der Waals surface area (Å²) in [6.07, 6.45) is 2.71. The van der Waals surface area contributed by atoms with Gasteiger partial charge in [0.05, 0.1) is 24.7 Å². The summed E-state index contributed by atoms with van der Waals surface area (Å²) in [4.78, 5) is 11.1. The van der Waals surface area contributed by atoms with Crippen LogP contribution in [0.15, 0.2) is 0 Å². The van der Waals surface area contributed by atoms with E-state index >= 15 is 0 Å². The summed E-state index contributed by atoms with van der Waals surface area (Å²) < 4.78 is 10.6. The molecule has 3 rings (SSSR count). The lowest BCUT2D eigenvalue weighted by Gasteiger charge is -2.14. The Morgan fingerprint density at radius 2 is 2.09 bits per heavy atom. The van der Waals surface area contributed by atoms with Gasteiger partial charge in [-0.1, -0.05) is 0 Å². The topological polar surface area (TPSA) is 35.5 Å². The summed E-state index contributed by atoms with van der Waals surface area (Å²) in [5.41, 5.74) is 0. The van der Waals surface area contributed by atoms with Crippen molar-refractivity contribution in [1.82, 2.24) is 0 Å². The van der Waals surface area contributed by atoms with Crippen molar-refractivity contribution in [2.24, 2.45) is 11.8 Å². The van der Waals surface area contributed by atoms with E-state index in [4.69, 9.17) is 9.47 Å². The third-order valence-corrected chi connectivity index (χ3v) is 3.11. The molecule has 11 heavy (non-hydrogen) atoms. The average molecular weight is 154 g/mol. The second-order valence-electron chi connectivity index (χ2n) is 3.61. The number of carbonyl (C=O) groups excluding carboxylic acids is 1. The molecule has 3 heterocycles. The van der Waals surface area contributed by atoms with Crippen LogP contribution >= 0.6 is 0 Å². The number of cyclic esters (lactones) is 1. The van der Waals surface area contributed by atoms with Crippen LogP contribution < -0.4 is 0 Å². The van der Waals surface area contributed by atoms with E-state index < -0.39 is 0 Å². The molecular formula is C8H10O3. The van der Waals surface area contributed by atoms with Gasteiger partial charge in [0.15, 0.2) is 0 Å². The maximum absolute atomic E-state index is 11.1. The number of hydrogen-bond donors (Lipinski definition) is 0. The molecular weight excluding hydrogens is 144 g/mol. The van der Waals surface area contributed by atoms with Gasteiger partial charge in [-0.15, -0.1) is 0 Å². The molecule has 3 heteroatoms. The first kappa shape index (κ1) is 6.00. The summed E-state index contributed by atoms with van der Waals surface area (Å²) in [5, 5.41) is 0. The summed E-state index contributed by atoms with van der Waals surface area (Å²) in [6, 6.07) is 0. The van der Waals surface area contributed by atoms with Crippen molar-refractivity contribution in [1.29, 1.82) is 0 Å². The van der Waals surface area contributed by atoms with Crippen LogP contribution in [0.2, 0.25) is 0 Å². The monoisotopic (exact) mass is 154 g/mol. The van der Waals surface area contributed by atoms with Crippen molar-refractivity contribution in [3.8, 4) is 0 Å². The van der Waals surface area contributed by atoms with Gasteiger partial charge in [-0.05, 0) is 12.8 Å². The second kappa shape index (κ2) is 1.78. The number of rotatable bonds is 0. The smallest absolute Gasteiger partial charge is 0.312 e. The molecule has 0 aromatic rings. The van der Waals surface area contributed by atoms with Crippen LogP contribution in [0.25, 0.3) is 0 Å². The van der Waals surface area contributed by atoms with E-state index in [-0.39, 0.29) is 18.0 Å². The molecule has 0 amide bonds. The van der Waals surface area contributed by atoms with E-state index in [1.165, 1.54) is 0 Å². The predicted molar refractivity (Wildman–Crippen MR) is 35.8 cm³/mol. The first-order chi connectivity index (χ1) is 5.36. The van der Waals surface area contributed by atoms with Gasteiger partial charge < -0.3 is 9.47 Å². The van der Waals surface area contributed by atoms with Crippen LogP contribution in [-0.4, -0.2) is 24.8 Å². The van der Waals surface area contributed by atoms with Crippen LogP contribution in [0.3, 0.4) is 0 Å². The number of fused-ring (bicyclic) bond motifs is 5. The molecule has 3 nitrogen and oxygen atoms in total. The van der Waals surface area contributed by atoms with Gasteiger partial charge in [-0.3, -0.25) is 4.79 Å². The fourth-order valence-electron chi connectivity index (χ4n) is 2.59. The van der Waals surface area contributed by atoms with Crippen LogP contribution in [0.5, 0.6) is 0 Å². The normalized spacial score (nSPS) is 52.9. The Kier molecular flexibility index (Phi) is 0.969. The Labute approximate surface area is 64.7 Å². The molecule has 2 bridgehead atoms. The molecule has 0 aromatic heterocycles. The van der Waals surface area contributed by atoms with Gasteiger partial charge in [0.1, 0.15) is 0 Å². The molecule has 0 aliphatic carbocycles. The molecule has 0 spiro atoms. The molecule has 3 aliphatic rings. The molecule has 0 unspecified atom stereocenters. The molecule has 60 valence electrons. The van der Waals surface area contributed by atoms with Crippen LogP contribution in [0, 0.1) is 11.8 Å². The average Bonchev–Trinajstić information content (AvgIpc) is 2.60. The number of carbonyl (C=O) groups is 1. The first-order valence-corrected chi connectivity index (χ1v) is 4.18. The van der Waals surface area contributed by atoms with Crippen molar-refractivity contribution in [2.75, 3.05) is 6.61 Å². The van der Waals surface area contributed by atoms with Crippen LogP contribution in [-0.2, 0) is 14.3 Å². The van der Waals surface area contributed by atoms with Gasteiger partial charge in [0.2, 0.25) is 0 Å². The Balaban J connectivity index is 1.97. The zero-order valence-electron chi connectivity index (χ0n) is 6.16. The lowest BCUT2D eigenvalue weighted by Crippen LogP contribution is -2.27. The highest BCUT2D eigenvalue weighted by molar-refractivity contribution is 5.76. The van der Waals surface area contributed by atoms with Gasteiger partial charge in [-0.2, -0.15) is 0 Å². The molecule has 0 N–H and O–H groups in total. The maximum Gasteiger partial charge on any atom is 0.312 e. The fourth-order valence-corrected chi connectivity index (χ4v) is 2.59. The number of hydrogen-bond acceptors (Lipinski definition) is 3. The van der Waals surface area contributed by atoms with E-state index in [2.05, 4.69) is 0 Å². The Bertz CT molecular complexity index is 213. The highest BCUT2D eigenvalue weighted by Gasteiger charge is 2.56. The van der Waals surface area contributed by atoms with Crippen molar-refractivity contribution < 1.29 is 14.3 Å². The number of esters is 1. The van der Waals surface area contributed by atoms with E-state index in [0.29, 0.717) is 18.6 Å². The zero-order chi connectivity index (χ0) is 7.42. The van der Waals surface area contributed by atoms with Gasteiger partial charge in [-0.25, -0.2) is 0 Å². The number of ether oxygens (including phenoxy) is 2. The van der Waals surface area contributed by atoms with E-state index in [1.54, 1.807) is 0 Å². The molecule has 4 atom stereocenters. The van der Waals surface area contributed by atoms with Crippen LogP contribution in [0.4, 0.5) is 0 Å². The van der Waals surface area contributed by atoms with Crippen molar-refractivity contribution in [3.63, 3.8) is 0 Å². The predicted octanol–water partition coefficient (Wildman–Crippen LogP) is 0.337. The SMILES string of the molecule is O=C1OC[C@H]2[C@@H]1[C@@H]1CC[C@H]2O1. The minimum atomic E-state index is -0.0257. The van der Waals surface area contributed by atoms with E-state index in [0.717, 1.165) is 12.8 Å². The summed E-state index contributed by atoms with van der Waals surface area (Å²) in [5.74, 6) is 0.456. The van der Waals surface area contributed by atoms with Gasteiger partial charge in [0.25, 0.3) is 0 Å². The van der Waals surface area contributed by atoms with Crippen LogP contribution in [0.1, 0.15) is 12.8 Å². The molecule has 3 fully saturated rings. The lowest BCUT2D eigenvalue weighted by molar-refractivity contribution is -0.143. The molecule has 0 aromatic carbocycles. The van der Waals surface area contributed by atoms with E-state index in [1.807, 2.05) is 0 Å². The lowest BCUT2D eigenvalue weighted by atomic mass is 9.81. The Hall–Kier alpha value is -0.570. The Morgan fingerprint density at radius 1 is 1.27 bits per heavy atom. The van der Waals surface area contributed by atoms with Crippen molar-refractivity contribution in [3.05, 3.63) is 0 Å². The Morgan fingerprint density at radius 3 is 2.91 bits per heavy atom. The fraction of sp³-hybridized carbons (Fsp3) is 0.875. The first-order valence-electron chi connectivity index (χ1n) is 4.18. The molecule has 0 radical (unpaired) electrons. The minimum Gasteiger partial charge on any atom is -0.465 e. The zero-order valence-corrected chi connectivity index (χ0v) is 6.16. The highest BCUT2D eigenvalue weighted by Crippen LogP contribution is 2.46. The minimum absolute atomic E-state index is 0.0257. The molecule has 3 aliphatic heterocycles. The summed E-state index contributed by atoms with van der Waals surface area (Å²) in [7, 11) is 0. The van der Waals surface area contributed by atoms with Gasteiger partial charge in [0, 0.05) is 5.92 Å². The summed E-state index contributed by atoms with van der Waals surface area (Å²) in [6.45, 7) is 0.602. The second-order valence-corrected chi connectivity index (χ2v) is 3.61. The maximum atomic E-state index is 11.1. The van der Waals surface area contributed by atoms with E-state index in [9.17, 15) is 4.79 Å². The molecule has 3 saturated heterocycles.